The Labute approximate surface area is 93.1 Å². The molecule has 0 amide bonds. The van der Waals surface area contributed by atoms with Crippen LogP contribution in [-0.4, -0.2) is 28.9 Å². The van der Waals surface area contributed by atoms with E-state index in [4.69, 9.17) is 11.6 Å². The Hall–Kier alpha value is -0.970. The predicted octanol–water partition coefficient (Wildman–Crippen LogP) is 1.31. The number of phenols is 2. The Kier molecular flexibility index (Phi) is 3.79. The van der Waals surface area contributed by atoms with Gasteiger partial charge in [0, 0.05) is 23.2 Å². The number of aliphatic hydroxyl groups excluding tert-OH is 1. The molecule has 0 spiro atoms. The summed E-state index contributed by atoms with van der Waals surface area (Å²) < 4.78 is 0. The molecule has 0 aliphatic carbocycles. The van der Waals surface area contributed by atoms with Crippen molar-refractivity contribution in [3.8, 4) is 11.5 Å². The number of likely N-dealkylation sites (N-methyl/N-ethyl adjacent to an activating group) is 1. The topological polar surface area (TPSA) is 72.7 Å². The van der Waals surface area contributed by atoms with E-state index < -0.39 is 6.10 Å². The minimum absolute atomic E-state index is 0.259. The maximum Gasteiger partial charge on any atom is 0.163 e. The minimum atomic E-state index is -0.903. The molecule has 1 unspecified atom stereocenters. The third-order valence-corrected chi connectivity index (χ3v) is 2.65. The molecule has 0 aliphatic heterocycles. The van der Waals surface area contributed by atoms with Gasteiger partial charge in [-0.1, -0.05) is 11.6 Å². The van der Waals surface area contributed by atoms with Crippen molar-refractivity contribution in [3.05, 3.63) is 22.2 Å². The molecule has 0 aromatic heterocycles. The van der Waals surface area contributed by atoms with Crippen LogP contribution >= 0.6 is 11.6 Å². The summed E-state index contributed by atoms with van der Waals surface area (Å²) in [6.45, 7) is 1.95. The number of aromatic hydroxyl groups is 2. The van der Waals surface area contributed by atoms with E-state index in [0.29, 0.717) is 10.6 Å². The van der Waals surface area contributed by atoms with Gasteiger partial charge in [0.05, 0.1) is 6.10 Å². The Bertz CT molecular complexity index is 342. The maximum absolute atomic E-state index is 9.74. The summed E-state index contributed by atoms with van der Waals surface area (Å²) in [5, 5.41) is 31.8. The van der Waals surface area contributed by atoms with Crippen LogP contribution in [0.25, 0.3) is 0 Å². The van der Waals surface area contributed by atoms with Gasteiger partial charge in [0.2, 0.25) is 0 Å². The molecule has 15 heavy (non-hydrogen) atoms. The third-order valence-electron chi connectivity index (χ3n) is 2.25. The van der Waals surface area contributed by atoms with Crippen LogP contribution in [0.2, 0.25) is 5.02 Å². The summed E-state index contributed by atoms with van der Waals surface area (Å²) in [6.07, 6.45) is -0.903. The van der Waals surface area contributed by atoms with Crippen molar-refractivity contribution in [2.75, 3.05) is 13.6 Å². The van der Waals surface area contributed by atoms with Gasteiger partial charge >= 0.3 is 0 Å². The zero-order chi connectivity index (χ0) is 11.6. The molecule has 0 saturated carbocycles. The Morgan fingerprint density at radius 3 is 2.60 bits per heavy atom. The molecule has 5 heteroatoms. The first kappa shape index (κ1) is 12.1. The molecule has 0 saturated heterocycles. The molecular weight excluding hydrogens is 218 g/mol. The number of benzene rings is 1. The van der Waals surface area contributed by atoms with Crippen molar-refractivity contribution < 1.29 is 15.3 Å². The lowest BCUT2D eigenvalue weighted by atomic mass is 10.0. The lowest BCUT2D eigenvalue weighted by Gasteiger charge is -2.16. The zero-order valence-corrected chi connectivity index (χ0v) is 9.34. The third kappa shape index (κ3) is 2.34. The molecule has 4 N–H and O–H groups in total. The van der Waals surface area contributed by atoms with Crippen LogP contribution in [-0.2, 0) is 0 Å². The van der Waals surface area contributed by atoms with Crippen LogP contribution in [0.1, 0.15) is 17.2 Å². The first-order valence-corrected chi connectivity index (χ1v) is 4.90. The zero-order valence-electron chi connectivity index (χ0n) is 8.58. The number of aliphatic hydroxyl groups is 1. The van der Waals surface area contributed by atoms with Crippen LogP contribution in [0.5, 0.6) is 11.5 Å². The molecular formula is C10H14ClNO3. The molecule has 1 aromatic carbocycles. The summed E-state index contributed by atoms with van der Waals surface area (Å²) in [6, 6.07) is 1.25. The van der Waals surface area contributed by atoms with Gasteiger partial charge in [-0.2, -0.15) is 0 Å². The molecule has 1 rings (SSSR count). The van der Waals surface area contributed by atoms with Gasteiger partial charge in [0.25, 0.3) is 0 Å². The highest BCUT2D eigenvalue weighted by Gasteiger charge is 2.19. The van der Waals surface area contributed by atoms with E-state index in [1.54, 1.807) is 14.0 Å². The molecule has 0 aliphatic rings. The monoisotopic (exact) mass is 231 g/mol. The first-order chi connectivity index (χ1) is 6.99. The quantitative estimate of drug-likeness (QED) is 0.592. The van der Waals surface area contributed by atoms with E-state index >= 15 is 0 Å². The van der Waals surface area contributed by atoms with Gasteiger partial charge in [-0.25, -0.2) is 0 Å². The molecule has 0 radical (unpaired) electrons. The lowest BCUT2D eigenvalue weighted by Crippen LogP contribution is -2.17. The van der Waals surface area contributed by atoms with Crippen molar-refractivity contribution in [1.29, 1.82) is 0 Å². The highest BCUT2D eigenvalue weighted by atomic mass is 35.5. The number of hydrogen-bond acceptors (Lipinski definition) is 4. The Morgan fingerprint density at radius 2 is 2.07 bits per heavy atom. The van der Waals surface area contributed by atoms with Crippen LogP contribution in [0, 0.1) is 6.92 Å². The number of phenolic OH excluding ortho intramolecular Hbond substituents is 2. The largest absolute Gasteiger partial charge is 0.504 e. The van der Waals surface area contributed by atoms with E-state index in [1.165, 1.54) is 6.07 Å². The number of rotatable bonds is 3. The van der Waals surface area contributed by atoms with Crippen LogP contribution < -0.4 is 5.32 Å². The Morgan fingerprint density at radius 1 is 1.47 bits per heavy atom. The summed E-state index contributed by atoms with van der Waals surface area (Å²) in [5.74, 6) is -0.643. The van der Waals surface area contributed by atoms with Crippen molar-refractivity contribution in [3.63, 3.8) is 0 Å². The van der Waals surface area contributed by atoms with Crippen LogP contribution in [0.15, 0.2) is 6.07 Å². The first-order valence-electron chi connectivity index (χ1n) is 4.52. The second-order valence-corrected chi connectivity index (χ2v) is 3.75. The van der Waals surface area contributed by atoms with Gasteiger partial charge in [-0.3, -0.25) is 0 Å². The number of hydrogen-bond donors (Lipinski definition) is 4. The van der Waals surface area contributed by atoms with Gasteiger partial charge in [0.15, 0.2) is 11.5 Å². The lowest BCUT2D eigenvalue weighted by molar-refractivity contribution is 0.172. The summed E-state index contributed by atoms with van der Waals surface area (Å²) in [4.78, 5) is 0. The number of nitrogens with one attached hydrogen (secondary N) is 1. The molecule has 84 valence electrons. The van der Waals surface area contributed by atoms with Crippen LogP contribution in [0.4, 0.5) is 0 Å². The highest BCUT2D eigenvalue weighted by molar-refractivity contribution is 6.31. The van der Waals surface area contributed by atoms with Crippen molar-refractivity contribution >= 4 is 11.6 Å². The van der Waals surface area contributed by atoms with E-state index in [1.807, 2.05) is 0 Å². The SMILES string of the molecule is CNCC(O)c1c(C)c(Cl)cc(O)c1O. The van der Waals surface area contributed by atoms with Gasteiger partial charge in [0.1, 0.15) is 0 Å². The summed E-state index contributed by atoms with van der Waals surface area (Å²) >= 11 is 5.83. The molecule has 0 fully saturated rings. The van der Waals surface area contributed by atoms with Crippen LogP contribution in [0.3, 0.4) is 0 Å². The molecule has 0 bridgehead atoms. The van der Waals surface area contributed by atoms with E-state index in [2.05, 4.69) is 5.32 Å². The Balaban J connectivity index is 3.26. The molecule has 1 aromatic rings. The van der Waals surface area contributed by atoms with E-state index in [0.717, 1.165) is 0 Å². The highest BCUT2D eigenvalue weighted by Crippen LogP contribution is 2.39. The van der Waals surface area contributed by atoms with Crippen molar-refractivity contribution in [1.82, 2.24) is 5.32 Å². The molecule has 4 nitrogen and oxygen atoms in total. The summed E-state index contributed by atoms with van der Waals surface area (Å²) in [5.41, 5.74) is 0.823. The smallest absolute Gasteiger partial charge is 0.163 e. The number of halogens is 1. The second-order valence-electron chi connectivity index (χ2n) is 3.34. The summed E-state index contributed by atoms with van der Waals surface area (Å²) in [7, 11) is 1.68. The van der Waals surface area contributed by atoms with Crippen molar-refractivity contribution in [2.45, 2.75) is 13.0 Å². The van der Waals surface area contributed by atoms with E-state index in [-0.39, 0.29) is 23.6 Å². The average Bonchev–Trinajstić information content (AvgIpc) is 2.16. The fourth-order valence-corrected chi connectivity index (χ4v) is 1.65. The van der Waals surface area contributed by atoms with Gasteiger partial charge in [-0.05, 0) is 19.5 Å². The van der Waals surface area contributed by atoms with Gasteiger partial charge < -0.3 is 20.6 Å². The fourth-order valence-electron chi connectivity index (χ4n) is 1.44. The predicted molar refractivity (Wildman–Crippen MR) is 58.4 cm³/mol. The molecule has 0 heterocycles. The second kappa shape index (κ2) is 4.70. The van der Waals surface area contributed by atoms with Gasteiger partial charge in [-0.15, -0.1) is 0 Å². The van der Waals surface area contributed by atoms with Crippen molar-refractivity contribution in [2.24, 2.45) is 0 Å². The van der Waals surface area contributed by atoms with E-state index in [9.17, 15) is 15.3 Å². The minimum Gasteiger partial charge on any atom is -0.504 e. The fraction of sp³-hybridized carbons (Fsp3) is 0.400. The average molecular weight is 232 g/mol. The standard InChI is InChI=1S/C10H14ClNO3/c1-5-6(11)3-7(13)10(15)9(5)8(14)4-12-2/h3,8,12-15H,4H2,1-2H3. The normalized spacial score (nSPS) is 12.8. The maximum atomic E-state index is 9.74. The molecule has 1 atom stereocenters.